The molecule has 1 aliphatic rings. The van der Waals surface area contributed by atoms with Gasteiger partial charge in [0.05, 0.1) is 0 Å². The fourth-order valence-electron chi connectivity index (χ4n) is 1.15. The van der Waals surface area contributed by atoms with Crippen molar-refractivity contribution in [1.82, 2.24) is 0 Å². The maximum absolute atomic E-state index is 11.2. The molecule has 0 aromatic rings. The van der Waals surface area contributed by atoms with E-state index in [9.17, 15) is 9.59 Å². The second kappa shape index (κ2) is 4.01. The number of ether oxygens (including phenoxy) is 1. The lowest BCUT2D eigenvalue weighted by atomic mass is 10.5. The van der Waals surface area contributed by atoms with Crippen molar-refractivity contribution in [3.05, 3.63) is 11.3 Å². The van der Waals surface area contributed by atoms with Gasteiger partial charge in [-0.25, -0.2) is 9.59 Å². The van der Waals surface area contributed by atoms with E-state index >= 15 is 0 Å². The third-order valence-electron chi connectivity index (χ3n) is 1.81. The topological polar surface area (TPSA) is 71.1 Å². The number of carbonyl (C=O) groups excluding carboxylic acids is 2. The molecule has 0 saturated carbocycles. The molecule has 0 aromatic carbocycles. The molecule has 0 aliphatic carbocycles. The van der Waals surface area contributed by atoms with E-state index in [0.717, 1.165) is 6.08 Å². The summed E-state index contributed by atoms with van der Waals surface area (Å²) in [5, 5.41) is 0.0231. The van der Waals surface area contributed by atoms with Gasteiger partial charge in [-0.1, -0.05) is 0 Å². The number of hydrogen-bond donors (Lipinski definition) is 0. The normalized spacial score (nSPS) is 16.9. The molecule has 1 heterocycles. The lowest BCUT2D eigenvalue weighted by molar-refractivity contribution is -0.150. The average molecular weight is 218 g/mol. The minimum Gasteiger partial charge on any atom is -0.386 e. The predicted molar refractivity (Wildman–Crippen MR) is 46.0 cm³/mol. The summed E-state index contributed by atoms with van der Waals surface area (Å²) < 4.78 is 19.3. The van der Waals surface area contributed by atoms with Crippen molar-refractivity contribution >= 4 is 20.7 Å². The highest BCUT2D eigenvalue weighted by Gasteiger charge is 2.51. The summed E-state index contributed by atoms with van der Waals surface area (Å²) in [6.07, 6.45) is 1.03. The van der Waals surface area contributed by atoms with Gasteiger partial charge in [0, 0.05) is 27.4 Å². The van der Waals surface area contributed by atoms with Crippen LogP contribution in [-0.4, -0.2) is 42.1 Å². The highest BCUT2D eigenvalue weighted by molar-refractivity contribution is 6.75. The lowest BCUT2D eigenvalue weighted by Gasteiger charge is -2.23. The Balaban J connectivity index is 3.05. The highest BCUT2D eigenvalue weighted by atomic mass is 28.4. The van der Waals surface area contributed by atoms with E-state index in [2.05, 4.69) is 4.74 Å². The van der Waals surface area contributed by atoms with Gasteiger partial charge >= 0.3 is 20.7 Å². The van der Waals surface area contributed by atoms with Gasteiger partial charge < -0.3 is 18.0 Å². The third kappa shape index (κ3) is 1.62. The number of rotatable bonds is 4. The molecule has 0 aromatic heterocycles. The molecule has 14 heavy (non-hydrogen) atoms. The van der Waals surface area contributed by atoms with Crippen LogP contribution in [0.4, 0.5) is 0 Å². The zero-order chi connectivity index (χ0) is 10.8. The Bertz CT molecular complexity index is 284. The first-order valence-electron chi connectivity index (χ1n) is 3.73. The minimum atomic E-state index is -3.22. The first-order chi connectivity index (χ1) is 6.59. The van der Waals surface area contributed by atoms with Crippen LogP contribution in [0.25, 0.3) is 0 Å². The van der Waals surface area contributed by atoms with E-state index in [0.29, 0.717) is 0 Å². The van der Waals surface area contributed by atoms with Gasteiger partial charge in [0.2, 0.25) is 0 Å². The molecule has 0 spiro atoms. The van der Waals surface area contributed by atoms with Gasteiger partial charge in [-0.15, -0.1) is 0 Å². The van der Waals surface area contributed by atoms with Crippen LogP contribution in [-0.2, 0) is 27.6 Å². The zero-order valence-electron chi connectivity index (χ0n) is 8.03. The number of esters is 2. The van der Waals surface area contributed by atoms with Gasteiger partial charge in [-0.05, 0) is 0 Å². The first kappa shape index (κ1) is 11.1. The molecule has 0 atom stereocenters. The van der Waals surface area contributed by atoms with Crippen molar-refractivity contribution in [1.29, 1.82) is 0 Å². The fourth-order valence-corrected chi connectivity index (χ4v) is 2.90. The summed E-state index contributed by atoms with van der Waals surface area (Å²) in [6.45, 7) is 0. The molecular weight excluding hydrogens is 208 g/mol. The Morgan fingerprint density at radius 2 is 1.64 bits per heavy atom. The predicted octanol–water partition coefficient (Wildman–Crippen LogP) is -0.587. The van der Waals surface area contributed by atoms with E-state index in [1.165, 1.54) is 21.3 Å². The van der Waals surface area contributed by atoms with Gasteiger partial charge in [-0.3, -0.25) is 0 Å². The van der Waals surface area contributed by atoms with Crippen LogP contribution in [0, 0.1) is 0 Å². The van der Waals surface area contributed by atoms with Crippen molar-refractivity contribution in [3.8, 4) is 0 Å². The summed E-state index contributed by atoms with van der Waals surface area (Å²) in [5.41, 5.74) is 0. The van der Waals surface area contributed by atoms with Crippen LogP contribution in [0.3, 0.4) is 0 Å². The number of hydrogen-bond acceptors (Lipinski definition) is 6. The van der Waals surface area contributed by atoms with E-state index in [1.807, 2.05) is 0 Å². The molecule has 78 valence electrons. The Morgan fingerprint density at radius 1 is 1.14 bits per heavy atom. The van der Waals surface area contributed by atoms with Gasteiger partial charge in [0.15, 0.2) is 0 Å². The maximum atomic E-state index is 11.2. The monoisotopic (exact) mass is 218 g/mol. The molecular formula is C7H10O6Si. The summed E-state index contributed by atoms with van der Waals surface area (Å²) in [5.74, 6) is -1.50. The number of cyclic esters (lactones) is 2. The quantitative estimate of drug-likeness (QED) is 0.357. The third-order valence-corrected chi connectivity index (χ3v) is 4.43. The molecule has 0 saturated heterocycles. The average Bonchev–Trinajstić information content (AvgIpc) is 2.51. The SMILES string of the molecule is CO[Si](OC)(OC)C1=CC(=O)OC1=O. The molecule has 0 amide bonds. The van der Waals surface area contributed by atoms with Gasteiger partial charge in [-0.2, -0.15) is 0 Å². The van der Waals surface area contributed by atoms with E-state index in [1.54, 1.807) is 0 Å². The summed E-state index contributed by atoms with van der Waals surface area (Å²) in [6, 6.07) is 0. The lowest BCUT2D eigenvalue weighted by Crippen LogP contribution is -2.47. The summed E-state index contributed by atoms with van der Waals surface area (Å²) in [7, 11) is 0.807. The van der Waals surface area contributed by atoms with Crippen LogP contribution < -0.4 is 0 Å². The zero-order valence-corrected chi connectivity index (χ0v) is 9.03. The summed E-state index contributed by atoms with van der Waals surface area (Å²) in [4.78, 5) is 22.0. The Labute approximate surface area is 81.8 Å². The molecule has 7 heteroatoms. The Morgan fingerprint density at radius 3 is 1.93 bits per heavy atom. The Hall–Kier alpha value is -1.02. The first-order valence-corrected chi connectivity index (χ1v) is 5.46. The van der Waals surface area contributed by atoms with Crippen LogP contribution in [0.1, 0.15) is 0 Å². The van der Waals surface area contributed by atoms with Crippen LogP contribution in [0.15, 0.2) is 11.3 Å². The summed E-state index contributed by atoms with van der Waals surface area (Å²) >= 11 is 0. The van der Waals surface area contributed by atoms with Crippen molar-refractivity contribution in [2.24, 2.45) is 0 Å². The van der Waals surface area contributed by atoms with E-state index < -0.39 is 20.7 Å². The smallest absolute Gasteiger partial charge is 0.386 e. The van der Waals surface area contributed by atoms with Gasteiger partial charge in [0.25, 0.3) is 0 Å². The van der Waals surface area contributed by atoms with Crippen molar-refractivity contribution in [2.75, 3.05) is 21.3 Å². The second-order valence-corrected chi connectivity index (χ2v) is 5.31. The van der Waals surface area contributed by atoms with Gasteiger partial charge in [0.1, 0.15) is 5.20 Å². The Kier molecular flexibility index (Phi) is 3.16. The van der Waals surface area contributed by atoms with Crippen LogP contribution >= 0.6 is 0 Å². The van der Waals surface area contributed by atoms with Crippen molar-refractivity contribution < 1.29 is 27.6 Å². The molecule has 6 nitrogen and oxygen atoms in total. The minimum absolute atomic E-state index is 0.0231. The van der Waals surface area contributed by atoms with Crippen LogP contribution in [0.5, 0.6) is 0 Å². The number of carbonyl (C=O) groups is 2. The standard InChI is InChI=1S/C7H10O6Si/c1-10-14(11-2,12-3)5-4-6(8)13-7(5)9/h4H,1-3H3. The molecule has 1 aliphatic heterocycles. The highest BCUT2D eigenvalue weighted by Crippen LogP contribution is 2.22. The maximum Gasteiger partial charge on any atom is 0.544 e. The molecule has 0 radical (unpaired) electrons. The van der Waals surface area contributed by atoms with Crippen molar-refractivity contribution in [2.45, 2.75) is 0 Å². The molecule has 0 N–H and O–H groups in total. The van der Waals surface area contributed by atoms with E-state index in [-0.39, 0.29) is 5.20 Å². The van der Waals surface area contributed by atoms with Crippen LogP contribution in [0.2, 0.25) is 0 Å². The fraction of sp³-hybridized carbons (Fsp3) is 0.429. The largest absolute Gasteiger partial charge is 0.544 e. The van der Waals surface area contributed by atoms with Crippen molar-refractivity contribution in [3.63, 3.8) is 0 Å². The molecule has 1 rings (SSSR count). The molecule has 0 bridgehead atoms. The second-order valence-electron chi connectivity index (χ2n) is 2.44. The molecule has 0 unspecified atom stereocenters. The van der Waals surface area contributed by atoms with E-state index in [4.69, 9.17) is 13.3 Å². The molecule has 0 fully saturated rings.